The Bertz CT molecular complexity index is 1340. The molecular formula is C32H46N4O9. The molecule has 0 spiro atoms. The molecular weight excluding hydrogens is 584 g/mol. The van der Waals surface area contributed by atoms with E-state index in [1.54, 1.807) is 32.4 Å². The summed E-state index contributed by atoms with van der Waals surface area (Å²) in [6.07, 6.45) is 3.04. The van der Waals surface area contributed by atoms with Crippen molar-refractivity contribution in [3.8, 4) is 11.5 Å². The Morgan fingerprint density at radius 2 is 1.96 bits per heavy atom. The smallest absolute Gasteiger partial charge is 0.405 e. The summed E-state index contributed by atoms with van der Waals surface area (Å²) in [5.74, 6) is -1.39. The molecule has 0 fully saturated rings. The van der Waals surface area contributed by atoms with Crippen molar-refractivity contribution in [3.05, 3.63) is 47.1 Å². The number of nitrogens with two attached hydrogens (primary N) is 1. The number of aliphatic hydroxyl groups excluding tert-OH is 1. The number of ether oxygens (including phenoxy) is 4. The number of aliphatic hydroxyl groups is 1. The van der Waals surface area contributed by atoms with Crippen LogP contribution in [0.2, 0.25) is 0 Å². The zero-order valence-electron chi connectivity index (χ0n) is 26.9. The Labute approximate surface area is 264 Å². The summed E-state index contributed by atoms with van der Waals surface area (Å²) in [5, 5.41) is 36.2. The van der Waals surface area contributed by atoms with Crippen molar-refractivity contribution in [3.63, 3.8) is 0 Å². The third-order valence-corrected chi connectivity index (χ3v) is 7.81. The zero-order valence-corrected chi connectivity index (χ0v) is 26.9. The van der Waals surface area contributed by atoms with E-state index >= 15 is 0 Å². The molecule has 1 aromatic carbocycles. The summed E-state index contributed by atoms with van der Waals surface area (Å²) < 4.78 is 22.9. The fourth-order valence-electron chi connectivity index (χ4n) is 5.48. The summed E-state index contributed by atoms with van der Waals surface area (Å²) in [7, 11) is 6.71. The first kappa shape index (κ1) is 35.7. The van der Waals surface area contributed by atoms with Crippen LogP contribution < -0.4 is 11.1 Å². The molecule has 13 nitrogen and oxygen atoms in total. The molecule has 0 saturated carbocycles. The Hall–Kier alpha value is -3.75. The van der Waals surface area contributed by atoms with Gasteiger partial charge < -0.3 is 50.2 Å². The highest BCUT2D eigenvalue weighted by atomic mass is 16.6. The van der Waals surface area contributed by atoms with Gasteiger partial charge in [0.15, 0.2) is 12.4 Å². The number of hydrogen-bond donors (Lipinski definition) is 5. The molecule has 0 saturated heterocycles. The van der Waals surface area contributed by atoms with Gasteiger partial charge in [-0.2, -0.15) is 0 Å². The first-order valence-electron chi connectivity index (χ1n) is 14.8. The second-order valence-electron chi connectivity index (χ2n) is 11.7. The number of carbonyl (C=O) groups excluding carboxylic acids is 2. The van der Waals surface area contributed by atoms with E-state index in [4.69, 9.17) is 24.7 Å². The summed E-state index contributed by atoms with van der Waals surface area (Å²) in [6.45, 7) is 5.91. The van der Waals surface area contributed by atoms with Gasteiger partial charge in [-0.3, -0.25) is 9.79 Å². The average molecular weight is 631 g/mol. The Morgan fingerprint density at radius 1 is 1.24 bits per heavy atom. The molecule has 0 aromatic heterocycles. The maximum Gasteiger partial charge on any atom is 0.405 e. The molecule has 13 heteroatoms. The van der Waals surface area contributed by atoms with E-state index in [2.05, 4.69) is 10.3 Å². The average Bonchev–Trinajstić information content (AvgIpc) is 2.97. The maximum atomic E-state index is 13.1. The second kappa shape index (κ2) is 16.0. The number of phenolic OH excluding ortho intramolecular Hbond substituents is 2. The monoisotopic (exact) mass is 630 g/mol. The number of nitrogens with one attached hydrogen (secondary N) is 1. The minimum atomic E-state index is -1.46. The van der Waals surface area contributed by atoms with Gasteiger partial charge in [-0.1, -0.05) is 38.2 Å². The first-order valence-corrected chi connectivity index (χ1v) is 14.8. The molecule has 7 atom stereocenters. The largest absolute Gasteiger partial charge is 0.506 e. The summed E-state index contributed by atoms with van der Waals surface area (Å²) >= 11 is 0. The molecule has 45 heavy (non-hydrogen) atoms. The van der Waals surface area contributed by atoms with Crippen LogP contribution in [0.4, 0.5) is 16.2 Å². The lowest BCUT2D eigenvalue weighted by molar-refractivity contribution is -0.182. The summed E-state index contributed by atoms with van der Waals surface area (Å²) in [4.78, 5) is 31.3. The predicted octanol–water partition coefficient (Wildman–Crippen LogP) is 3.16. The lowest BCUT2D eigenvalue weighted by Crippen LogP contribution is -2.47. The topological polar surface area (TPSA) is 185 Å². The van der Waals surface area contributed by atoms with Gasteiger partial charge in [0, 0.05) is 55.7 Å². The van der Waals surface area contributed by atoms with Crippen LogP contribution in [-0.4, -0.2) is 104 Å². The lowest BCUT2D eigenvalue weighted by atomic mass is 9.85. The molecule has 0 aliphatic carbocycles. The van der Waals surface area contributed by atoms with E-state index in [1.165, 1.54) is 25.3 Å². The molecule has 6 N–H and O–H groups in total. The highest BCUT2D eigenvalue weighted by molar-refractivity contribution is 6.04. The molecule has 3 heterocycles. The van der Waals surface area contributed by atoms with E-state index in [9.17, 15) is 24.9 Å². The number of aliphatic imine (C=N–C) groups is 1. The molecule has 4 rings (SSSR count). The molecule has 4 bridgehead atoms. The SMILES string of the molecule is COC1C=CC=C(C)C(=O)Nc2cc(O)c(N=CCN(C)C)c(c2O)CC(C)CC(OC)C2OC(O)C(=CC2C)C1OC(N)=O. The van der Waals surface area contributed by atoms with Crippen LogP contribution in [0.1, 0.15) is 32.8 Å². The predicted molar refractivity (Wildman–Crippen MR) is 170 cm³/mol. The van der Waals surface area contributed by atoms with E-state index in [1.807, 2.05) is 32.8 Å². The number of methoxy groups -OCH3 is 2. The molecule has 2 amide bonds. The van der Waals surface area contributed by atoms with Gasteiger partial charge >= 0.3 is 6.09 Å². The highest BCUT2D eigenvalue weighted by Gasteiger charge is 2.40. The van der Waals surface area contributed by atoms with Crippen LogP contribution in [0.3, 0.4) is 0 Å². The standard InChI is InChI=1S/C32H46N4O9/c1-17-13-20-26(34-11-12-36(4)5)23(37)16-22(27(20)38)35-30(39)18(2)9-8-10-24(42-6)29(45-32(33)41)21-15-19(3)28(44-31(21)40)25(14-17)43-7/h8-11,15-17,19,24-25,28-29,31,37-38,40H,12-14H2,1-7H3,(H2,33,41)(H,35,39). The highest BCUT2D eigenvalue weighted by Crippen LogP contribution is 2.44. The number of hydrogen-bond acceptors (Lipinski definition) is 11. The Kier molecular flexibility index (Phi) is 12.7. The number of amides is 2. The van der Waals surface area contributed by atoms with Crippen molar-refractivity contribution in [2.45, 2.75) is 64.3 Å². The van der Waals surface area contributed by atoms with Gasteiger partial charge in [0.2, 0.25) is 0 Å². The first-order chi connectivity index (χ1) is 21.3. The number of rotatable bonds is 6. The van der Waals surface area contributed by atoms with Gasteiger partial charge in [0.05, 0.1) is 17.9 Å². The van der Waals surface area contributed by atoms with Crippen LogP contribution in [0.15, 0.2) is 46.5 Å². The second-order valence-corrected chi connectivity index (χ2v) is 11.7. The third-order valence-electron chi connectivity index (χ3n) is 7.81. The summed E-state index contributed by atoms with van der Waals surface area (Å²) in [6, 6.07) is 1.27. The third kappa shape index (κ3) is 9.14. The fraction of sp³-hybridized carbons (Fsp3) is 0.531. The van der Waals surface area contributed by atoms with Gasteiger partial charge in [0.25, 0.3) is 5.91 Å². The minimum Gasteiger partial charge on any atom is -0.506 e. The fourth-order valence-corrected chi connectivity index (χ4v) is 5.48. The molecule has 3 aliphatic rings. The van der Waals surface area contributed by atoms with Gasteiger partial charge in [-0.25, -0.2) is 4.79 Å². The maximum absolute atomic E-state index is 13.1. The van der Waals surface area contributed by atoms with E-state index < -0.39 is 42.7 Å². The quantitative estimate of drug-likeness (QED) is 0.135. The number of phenols is 2. The number of primary amides is 1. The van der Waals surface area contributed by atoms with Crippen LogP contribution in [0.5, 0.6) is 11.5 Å². The number of nitrogens with zero attached hydrogens (tertiary/aromatic N) is 2. The molecule has 7 unspecified atom stereocenters. The molecule has 3 aliphatic heterocycles. The minimum absolute atomic E-state index is 0.0265. The van der Waals surface area contributed by atoms with Crippen LogP contribution in [0, 0.1) is 11.8 Å². The Balaban J connectivity index is 2.15. The van der Waals surface area contributed by atoms with Crippen molar-refractivity contribution in [2.24, 2.45) is 22.6 Å². The van der Waals surface area contributed by atoms with E-state index in [-0.39, 0.29) is 52.3 Å². The van der Waals surface area contributed by atoms with Crippen molar-refractivity contribution in [2.75, 3.05) is 40.2 Å². The van der Waals surface area contributed by atoms with Crippen molar-refractivity contribution in [1.29, 1.82) is 0 Å². The van der Waals surface area contributed by atoms with Gasteiger partial charge in [0.1, 0.15) is 23.3 Å². The van der Waals surface area contributed by atoms with E-state index in [0.29, 0.717) is 18.5 Å². The molecule has 1 aromatic rings. The lowest BCUT2D eigenvalue weighted by Gasteiger charge is -2.39. The number of carbonyl (C=O) groups is 2. The van der Waals surface area contributed by atoms with Crippen LogP contribution in [-0.2, 0) is 30.2 Å². The van der Waals surface area contributed by atoms with Crippen molar-refractivity contribution < 1.29 is 43.9 Å². The molecule has 0 radical (unpaired) electrons. The number of aromatic hydroxyl groups is 2. The number of fused-ring (bicyclic) bond motifs is 10. The van der Waals surface area contributed by atoms with Gasteiger partial charge in [-0.05, 0) is 39.8 Å². The van der Waals surface area contributed by atoms with E-state index in [0.717, 1.165) is 0 Å². The Morgan fingerprint density at radius 3 is 2.58 bits per heavy atom. The number of anilines is 1. The molecule has 248 valence electrons. The van der Waals surface area contributed by atoms with Crippen molar-refractivity contribution in [1.82, 2.24) is 4.90 Å². The van der Waals surface area contributed by atoms with Gasteiger partial charge in [-0.15, -0.1) is 0 Å². The summed E-state index contributed by atoms with van der Waals surface area (Å²) in [5.41, 5.74) is 6.47. The normalized spacial score (nSPS) is 28.2. The van der Waals surface area contributed by atoms with Crippen LogP contribution >= 0.6 is 0 Å². The zero-order chi connectivity index (χ0) is 33.4. The number of allylic oxidation sites excluding steroid dienone is 2. The number of benzene rings is 1. The van der Waals surface area contributed by atoms with Crippen LogP contribution in [0.25, 0.3) is 0 Å². The van der Waals surface area contributed by atoms with Crippen molar-refractivity contribution >= 4 is 29.6 Å².